The monoisotopic (exact) mass is 458 g/mol. The van der Waals surface area contributed by atoms with Gasteiger partial charge in [-0.25, -0.2) is 14.3 Å². The minimum atomic E-state index is -3.69. The zero-order chi connectivity index (χ0) is 23.2. The molecule has 0 spiro atoms. The van der Waals surface area contributed by atoms with E-state index in [2.05, 4.69) is 20.8 Å². The molecule has 2 aromatic heterocycles. The second-order valence-electron chi connectivity index (χ2n) is 8.00. The Morgan fingerprint density at radius 2 is 1.94 bits per heavy atom. The van der Waals surface area contributed by atoms with Gasteiger partial charge in [-0.2, -0.15) is 18.9 Å². The van der Waals surface area contributed by atoms with E-state index in [-0.39, 0.29) is 5.69 Å². The molecule has 9 nitrogen and oxygen atoms in total. The first-order valence-corrected chi connectivity index (χ1v) is 11.7. The van der Waals surface area contributed by atoms with Gasteiger partial charge in [-0.15, -0.1) is 0 Å². The van der Waals surface area contributed by atoms with E-state index in [4.69, 9.17) is 10.00 Å². The smallest absolute Gasteiger partial charge is 0.325 e. The summed E-state index contributed by atoms with van der Waals surface area (Å²) < 4.78 is 34.5. The topological polar surface area (TPSA) is 132 Å². The van der Waals surface area contributed by atoms with E-state index in [1.54, 1.807) is 24.3 Å². The summed E-state index contributed by atoms with van der Waals surface area (Å²) in [5.41, 5.74) is 2.99. The second-order valence-corrected chi connectivity index (χ2v) is 9.70. The Morgan fingerprint density at radius 3 is 2.67 bits per heavy atom. The molecule has 1 aliphatic carbocycles. The van der Waals surface area contributed by atoms with Gasteiger partial charge in [-0.05, 0) is 61.1 Å². The highest BCUT2D eigenvalue weighted by molar-refractivity contribution is 7.94. The molecule has 0 unspecified atom stereocenters. The van der Waals surface area contributed by atoms with E-state index in [1.807, 2.05) is 12.1 Å². The minimum absolute atomic E-state index is 0.225. The molecule has 2 aliphatic rings. The highest BCUT2D eigenvalue weighted by Crippen LogP contribution is 2.43. The minimum Gasteiger partial charge on any atom is -0.457 e. The second kappa shape index (κ2) is 7.76. The molecule has 1 fully saturated rings. The van der Waals surface area contributed by atoms with E-state index in [0.717, 1.165) is 29.1 Å². The van der Waals surface area contributed by atoms with E-state index < -0.39 is 10.2 Å². The molecule has 0 bridgehead atoms. The lowest BCUT2D eigenvalue weighted by Gasteiger charge is -2.14. The van der Waals surface area contributed by atoms with E-state index >= 15 is 0 Å². The van der Waals surface area contributed by atoms with Crippen molar-refractivity contribution in [2.45, 2.75) is 19.3 Å². The molecule has 3 aromatic rings. The summed E-state index contributed by atoms with van der Waals surface area (Å²) in [5, 5.41) is 18.8. The molecule has 3 heterocycles. The summed E-state index contributed by atoms with van der Waals surface area (Å²) in [6.45, 7) is 0. The van der Waals surface area contributed by atoms with Gasteiger partial charge in [0, 0.05) is 24.9 Å². The Bertz CT molecular complexity index is 1470. The maximum absolute atomic E-state index is 12.4. The zero-order valence-electron chi connectivity index (χ0n) is 17.6. The lowest BCUT2D eigenvalue weighted by atomic mass is 10.00. The standard InChI is InChI=1S/C23H18N6O3S/c1-29-23-22(28-33(29,30)31)16(8-14-2-3-14)9-21(27-23)20-11-18(5-4-15(20)12-24)32-19-6-7-26-17(10-19)13-25/h4-7,9-11,14,28H,2-3,8H2,1H3. The number of anilines is 2. The fraction of sp³-hybridized carbons (Fsp3) is 0.217. The normalized spacial score (nSPS) is 15.8. The highest BCUT2D eigenvalue weighted by atomic mass is 32.2. The third-order valence-electron chi connectivity index (χ3n) is 5.65. The first-order valence-electron chi connectivity index (χ1n) is 10.3. The first kappa shape index (κ1) is 20.7. The summed E-state index contributed by atoms with van der Waals surface area (Å²) in [5.74, 6) is 1.71. The fourth-order valence-electron chi connectivity index (χ4n) is 3.73. The average molecular weight is 459 g/mol. The van der Waals surface area contributed by atoms with Crippen molar-refractivity contribution < 1.29 is 13.2 Å². The fourth-order valence-corrected chi connectivity index (χ4v) is 4.71. The maximum Gasteiger partial charge on any atom is 0.325 e. The van der Waals surface area contributed by atoms with Crippen LogP contribution < -0.4 is 13.8 Å². The molecule has 0 amide bonds. The molecule has 10 heteroatoms. The van der Waals surface area contributed by atoms with Crippen LogP contribution in [0.2, 0.25) is 0 Å². The van der Waals surface area contributed by atoms with Crippen molar-refractivity contribution in [2.75, 3.05) is 16.1 Å². The van der Waals surface area contributed by atoms with Gasteiger partial charge in [-0.1, -0.05) is 0 Å². The largest absolute Gasteiger partial charge is 0.457 e. The van der Waals surface area contributed by atoms with Crippen molar-refractivity contribution in [3.63, 3.8) is 0 Å². The average Bonchev–Trinajstić information content (AvgIpc) is 3.59. The van der Waals surface area contributed by atoms with Crippen LogP contribution in [-0.4, -0.2) is 25.4 Å². The summed E-state index contributed by atoms with van der Waals surface area (Å²) in [6, 6.07) is 14.1. The first-order chi connectivity index (χ1) is 15.9. The van der Waals surface area contributed by atoms with E-state index in [1.165, 1.54) is 19.3 Å². The van der Waals surface area contributed by atoms with Crippen LogP contribution in [0.3, 0.4) is 0 Å². The molecular formula is C23H18N6O3S. The predicted octanol–water partition coefficient (Wildman–Crippen LogP) is 3.74. The van der Waals surface area contributed by atoms with Crippen molar-refractivity contribution in [3.8, 4) is 34.9 Å². The summed E-state index contributed by atoms with van der Waals surface area (Å²) in [4.78, 5) is 8.53. The van der Waals surface area contributed by atoms with Gasteiger partial charge < -0.3 is 4.74 Å². The Hall–Kier alpha value is -4.15. The number of hydrogen-bond acceptors (Lipinski definition) is 7. The molecule has 0 saturated heterocycles. The van der Waals surface area contributed by atoms with Crippen LogP contribution in [-0.2, 0) is 16.6 Å². The SMILES string of the molecule is CN1c2nc(-c3cc(Oc4ccnc(C#N)c4)ccc3C#N)cc(CC3CC3)c2NS1(=O)=O. The maximum atomic E-state index is 12.4. The number of ether oxygens (including phenoxy) is 1. The molecule has 0 radical (unpaired) electrons. The number of benzene rings is 1. The van der Waals surface area contributed by atoms with Crippen LogP contribution in [0.1, 0.15) is 29.7 Å². The highest BCUT2D eigenvalue weighted by Gasteiger charge is 2.35. The van der Waals surface area contributed by atoms with Crippen molar-refractivity contribution in [2.24, 2.45) is 5.92 Å². The van der Waals surface area contributed by atoms with Crippen molar-refractivity contribution in [1.29, 1.82) is 10.5 Å². The Kier molecular flexibility index (Phi) is 4.88. The van der Waals surface area contributed by atoms with Crippen molar-refractivity contribution >= 4 is 21.7 Å². The number of pyridine rings is 2. The number of hydrogen-bond donors (Lipinski definition) is 1. The van der Waals surface area contributed by atoms with Gasteiger partial charge >= 0.3 is 10.2 Å². The summed E-state index contributed by atoms with van der Waals surface area (Å²) in [7, 11) is -2.24. The van der Waals surface area contributed by atoms with Crippen LogP contribution in [0.25, 0.3) is 11.3 Å². The van der Waals surface area contributed by atoms with Crippen LogP contribution in [0.5, 0.6) is 11.5 Å². The van der Waals surface area contributed by atoms with Crippen molar-refractivity contribution in [1.82, 2.24) is 9.97 Å². The third kappa shape index (κ3) is 3.93. The molecule has 1 N–H and O–H groups in total. The van der Waals surface area contributed by atoms with Gasteiger partial charge in [-0.3, -0.25) is 4.72 Å². The number of nitrogens with zero attached hydrogens (tertiary/aromatic N) is 5. The van der Waals surface area contributed by atoms with E-state index in [9.17, 15) is 13.7 Å². The quantitative estimate of drug-likeness (QED) is 0.616. The molecule has 1 aromatic carbocycles. The molecule has 1 saturated carbocycles. The van der Waals surface area contributed by atoms with Crippen LogP contribution in [0, 0.1) is 28.6 Å². The number of fused-ring (bicyclic) bond motifs is 1. The number of rotatable bonds is 5. The Morgan fingerprint density at radius 1 is 1.15 bits per heavy atom. The van der Waals surface area contributed by atoms with Gasteiger partial charge in [0.25, 0.3) is 0 Å². The predicted molar refractivity (Wildman–Crippen MR) is 121 cm³/mol. The van der Waals surface area contributed by atoms with Crippen LogP contribution >= 0.6 is 0 Å². The Balaban J connectivity index is 1.60. The molecule has 1 aliphatic heterocycles. The zero-order valence-corrected chi connectivity index (χ0v) is 18.4. The van der Waals surface area contributed by atoms with Crippen LogP contribution in [0.4, 0.5) is 11.5 Å². The molecular weight excluding hydrogens is 440 g/mol. The van der Waals surface area contributed by atoms with Crippen LogP contribution in [0.15, 0.2) is 42.6 Å². The lowest BCUT2D eigenvalue weighted by Crippen LogP contribution is -2.25. The molecule has 164 valence electrons. The van der Waals surface area contributed by atoms with Crippen molar-refractivity contribution in [3.05, 3.63) is 59.4 Å². The number of nitrogens with one attached hydrogen (secondary N) is 1. The van der Waals surface area contributed by atoms with Gasteiger partial charge in [0.2, 0.25) is 0 Å². The number of nitriles is 2. The molecule has 5 rings (SSSR count). The number of aromatic nitrogens is 2. The van der Waals surface area contributed by atoms with Gasteiger partial charge in [0.05, 0.1) is 23.0 Å². The molecule has 33 heavy (non-hydrogen) atoms. The Labute approximate surface area is 191 Å². The third-order valence-corrected chi connectivity index (χ3v) is 7.00. The molecule has 0 atom stereocenters. The van der Waals surface area contributed by atoms with Gasteiger partial charge in [0.15, 0.2) is 5.82 Å². The lowest BCUT2D eigenvalue weighted by molar-refractivity contribution is 0.482. The van der Waals surface area contributed by atoms with Gasteiger partial charge in [0.1, 0.15) is 23.3 Å². The summed E-state index contributed by atoms with van der Waals surface area (Å²) in [6.07, 6.45) is 4.44. The van der Waals surface area contributed by atoms with E-state index in [0.29, 0.717) is 45.7 Å². The summed E-state index contributed by atoms with van der Waals surface area (Å²) >= 11 is 0.